The molecule has 1 aromatic carbocycles. The summed E-state index contributed by atoms with van der Waals surface area (Å²) in [6.45, 7) is 0. The van der Waals surface area contributed by atoms with Crippen molar-refractivity contribution in [1.29, 1.82) is 0 Å². The van der Waals surface area contributed by atoms with Gasteiger partial charge in [0.25, 0.3) is 0 Å². The number of benzene rings is 1. The van der Waals surface area contributed by atoms with Crippen LogP contribution in [-0.4, -0.2) is 39.5 Å². The van der Waals surface area contributed by atoms with Crippen LogP contribution in [0.3, 0.4) is 0 Å². The summed E-state index contributed by atoms with van der Waals surface area (Å²) in [5.41, 5.74) is 0.586. The Kier molecular flexibility index (Phi) is 6.11. The van der Waals surface area contributed by atoms with E-state index in [1.165, 1.54) is 28.4 Å². The molecule has 1 atom stereocenters. The number of ether oxygens (including phenoxy) is 4. The minimum absolute atomic E-state index is 0.133. The van der Waals surface area contributed by atoms with Gasteiger partial charge in [-0.3, -0.25) is 4.79 Å². The molecule has 20 heavy (non-hydrogen) atoms. The Morgan fingerprint density at radius 1 is 1.10 bits per heavy atom. The van der Waals surface area contributed by atoms with E-state index in [1.807, 2.05) is 0 Å². The van der Waals surface area contributed by atoms with Crippen molar-refractivity contribution in [2.24, 2.45) is 0 Å². The number of carbonyl (C=O) groups excluding carboxylic acids is 1. The summed E-state index contributed by atoms with van der Waals surface area (Å²) >= 11 is 0. The second kappa shape index (κ2) is 7.59. The summed E-state index contributed by atoms with van der Waals surface area (Å²) in [5.74, 6) is 1.01. The number of hydrogen-bond acceptors (Lipinski definition) is 6. The first kappa shape index (κ1) is 16.1. The smallest absolute Gasteiger partial charge is 0.305 e. The number of carbonyl (C=O) groups is 1. The molecule has 0 bridgehead atoms. The molecular weight excluding hydrogens is 264 g/mol. The monoisotopic (exact) mass is 284 g/mol. The van der Waals surface area contributed by atoms with Crippen LogP contribution in [-0.2, 0) is 9.53 Å². The molecule has 1 rings (SSSR count). The Morgan fingerprint density at radius 3 is 2.05 bits per heavy atom. The minimum atomic E-state index is -0.817. The second-order valence-corrected chi connectivity index (χ2v) is 4.09. The van der Waals surface area contributed by atoms with E-state index in [0.29, 0.717) is 22.8 Å². The lowest BCUT2D eigenvalue weighted by atomic mass is 10.0. The molecule has 0 aliphatic heterocycles. The number of aliphatic hydroxyl groups excluding tert-OH is 1. The van der Waals surface area contributed by atoms with Crippen molar-refractivity contribution >= 4 is 5.97 Å². The van der Waals surface area contributed by atoms with Gasteiger partial charge in [-0.15, -0.1) is 0 Å². The highest BCUT2D eigenvalue weighted by atomic mass is 16.5. The maximum absolute atomic E-state index is 11.1. The van der Waals surface area contributed by atoms with Crippen molar-refractivity contribution < 1.29 is 28.8 Å². The molecule has 0 saturated heterocycles. The van der Waals surface area contributed by atoms with Crippen LogP contribution in [0.4, 0.5) is 0 Å². The maximum Gasteiger partial charge on any atom is 0.305 e. The first-order valence-corrected chi connectivity index (χ1v) is 6.12. The van der Waals surface area contributed by atoms with E-state index in [4.69, 9.17) is 14.2 Å². The van der Waals surface area contributed by atoms with Crippen LogP contribution in [0, 0.1) is 0 Å². The molecule has 0 aliphatic carbocycles. The third-order valence-electron chi connectivity index (χ3n) is 2.92. The second-order valence-electron chi connectivity index (χ2n) is 4.09. The molecule has 0 heterocycles. The van der Waals surface area contributed by atoms with Crippen LogP contribution < -0.4 is 14.2 Å². The first-order chi connectivity index (χ1) is 9.57. The fourth-order valence-electron chi connectivity index (χ4n) is 1.82. The molecule has 0 fully saturated rings. The van der Waals surface area contributed by atoms with Crippen LogP contribution in [0.2, 0.25) is 0 Å². The number of esters is 1. The van der Waals surface area contributed by atoms with E-state index in [1.54, 1.807) is 12.1 Å². The zero-order valence-corrected chi connectivity index (χ0v) is 12.1. The molecule has 6 nitrogen and oxygen atoms in total. The average molecular weight is 284 g/mol. The van der Waals surface area contributed by atoms with Gasteiger partial charge in [0.15, 0.2) is 11.5 Å². The summed E-state index contributed by atoms with van der Waals surface area (Å²) in [5, 5.41) is 10.1. The Labute approximate surface area is 118 Å². The largest absolute Gasteiger partial charge is 0.493 e. The average Bonchev–Trinajstić information content (AvgIpc) is 2.50. The summed E-state index contributed by atoms with van der Waals surface area (Å²) in [7, 11) is 5.83. The van der Waals surface area contributed by atoms with Crippen molar-refractivity contribution in [2.45, 2.75) is 18.9 Å². The van der Waals surface area contributed by atoms with E-state index in [9.17, 15) is 9.90 Å². The van der Waals surface area contributed by atoms with Crippen LogP contribution in [0.25, 0.3) is 0 Å². The van der Waals surface area contributed by atoms with E-state index >= 15 is 0 Å². The lowest BCUT2D eigenvalue weighted by Gasteiger charge is -2.16. The normalized spacial score (nSPS) is 11.7. The van der Waals surface area contributed by atoms with Crippen molar-refractivity contribution in [3.05, 3.63) is 17.7 Å². The van der Waals surface area contributed by atoms with Gasteiger partial charge in [-0.1, -0.05) is 0 Å². The van der Waals surface area contributed by atoms with Gasteiger partial charge in [0, 0.05) is 6.42 Å². The third-order valence-corrected chi connectivity index (χ3v) is 2.92. The van der Waals surface area contributed by atoms with Crippen molar-refractivity contribution in [3.8, 4) is 17.2 Å². The number of hydrogen-bond donors (Lipinski definition) is 1. The molecule has 0 saturated carbocycles. The van der Waals surface area contributed by atoms with E-state index in [2.05, 4.69) is 4.74 Å². The Morgan fingerprint density at radius 2 is 1.65 bits per heavy atom. The van der Waals surface area contributed by atoms with Gasteiger partial charge in [-0.25, -0.2) is 0 Å². The van der Waals surface area contributed by atoms with E-state index < -0.39 is 6.10 Å². The lowest BCUT2D eigenvalue weighted by molar-refractivity contribution is -0.141. The van der Waals surface area contributed by atoms with Crippen LogP contribution in [0.5, 0.6) is 17.2 Å². The highest BCUT2D eigenvalue weighted by molar-refractivity contribution is 5.69. The molecule has 0 spiro atoms. The van der Waals surface area contributed by atoms with Gasteiger partial charge < -0.3 is 24.1 Å². The molecular formula is C14H20O6. The zero-order valence-electron chi connectivity index (χ0n) is 12.1. The van der Waals surface area contributed by atoms with Crippen LogP contribution in [0.1, 0.15) is 24.5 Å². The maximum atomic E-state index is 11.1. The molecule has 1 unspecified atom stereocenters. The topological polar surface area (TPSA) is 74.2 Å². The molecule has 1 N–H and O–H groups in total. The van der Waals surface area contributed by atoms with Crippen LogP contribution >= 0.6 is 0 Å². The van der Waals surface area contributed by atoms with Gasteiger partial charge in [-0.05, 0) is 24.1 Å². The summed E-state index contributed by atoms with van der Waals surface area (Å²) in [6, 6.07) is 3.31. The highest BCUT2D eigenvalue weighted by Gasteiger charge is 2.18. The minimum Gasteiger partial charge on any atom is -0.493 e. The first-order valence-electron chi connectivity index (χ1n) is 6.12. The Hall–Kier alpha value is -1.95. The molecule has 0 aromatic heterocycles. The lowest BCUT2D eigenvalue weighted by Crippen LogP contribution is -2.06. The molecule has 112 valence electrons. The quantitative estimate of drug-likeness (QED) is 0.768. The Balaban J connectivity index is 2.97. The van der Waals surface area contributed by atoms with E-state index in [0.717, 1.165) is 0 Å². The zero-order chi connectivity index (χ0) is 15.1. The van der Waals surface area contributed by atoms with Gasteiger partial charge in [0.2, 0.25) is 5.75 Å². The number of methoxy groups -OCH3 is 4. The van der Waals surface area contributed by atoms with Gasteiger partial charge in [-0.2, -0.15) is 0 Å². The van der Waals surface area contributed by atoms with Crippen molar-refractivity contribution in [1.82, 2.24) is 0 Å². The third kappa shape index (κ3) is 3.77. The fourth-order valence-corrected chi connectivity index (χ4v) is 1.82. The van der Waals surface area contributed by atoms with Gasteiger partial charge in [0.1, 0.15) is 0 Å². The summed E-state index contributed by atoms with van der Waals surface area (Å²) < 4.78 is 20.2. The highest BCUT2D eigenvalue weighted by Crippen LogP contribution is 2.40. The summed E-state index contributed by atoms with van der Waals surface area (Å²) in [4.78, 5) is 11.1. The predicted octanol–water partition coefficient (Wildman–Crippen LogP) is 1.70. The predicted molar refractivity (Wildman–Crippen MR) is 72.3 cm³/mol. The molecule has 0 amide bonds. The fraction of sp³-hybridized carbons (Fsp3) is 0.500. The van der Waals surface area contributed by atoms with Crippen molar-refractivity contribution in [2.75, 3.05) is 28.4 Å². The molecule has 0 aliphatic rings. The van der Waals surface area contributed by atoms with Gasteiger partial charge >= 0.3 is 5.97 Å². The molecule has 6 heteroatoms. The number of aliphatic hydroxyl groups is 1. The van der Waals surface area contributed by atoms with Crippen LogP contribution in [0.15, 0.2) is 12.1 Å². The SMILES string of the molecule is COC(=O)CCC(O)c1cc(OC)c(OC)c(OC)c1. The molecule has 0 radical (unpaired) electrons. The Bertz CT molecular complexity index is 432. The van der Waals surface area contributed by atoms with Crippen molar-refractivity contribution in [3.63, 3.8) is 0 Å². The van der Waals surface area contributed by atoms with Gasteiger partial charge in [0.05, 0.1) is 34.5 Å². The summed E-state index contributed by atoms with van der Waals surface area (Å²) in [6.07, 6.45) is -0.428. The number of rotatable bonds is 7. The molecule has 1 aromatic rings. The standard InChI is InChI=1S/C14H20O6/c1-17-11-7-9(8-12(18-2)14(11)20-4)10(15)5-6-13(16)19-3/h7-8,10,15H,5-6H2,1-4H3. The van der Waals surface area contributed by atoms with E-state index in [-0.39, 0.29) is 18.8 Å².